The van der Waals surface area contributed by atoms with Gasteiger partial charge in [-0.2, -0.15) is 5.10 Å². The number of esters is 1. The minimum absolute atomic E-state index is 0.0527. The van der Waals surface area contributed by atoms with Crippen LogP contribution in [0.3, 0.4) is 0 Å². The second kappa shape index (κ2) is 9.45. The zero-order valence-electron chi connectivity index (χ0n) is 17.3. The molecular weight excluding hydrogens is 491 g/mol. The van der Waals surface area contributed by atoms with E-state index in [1.165, 1.54) is 24.1 Å². The number of nitrogens with one attached hydrogen (secondary N) is 1. The number of amides is 1. The number of benzene rings is 2. The lowest BCUT2D eigenvalue weighted by Gasteiger charge is -2.07. The van der Waals surface area contributed by atoms with Crippen molar-refractivity contribution in [1.82, 2.24) is 9.78 Å². The van der Waals surface area contributed by atoms with Crippen molar-refractivity contribution in [2.45, 2.75) is 6.73 Å². The Kier molecular flexibility index (Phi) is 6.43. The van der Waals surface area contributed by atoms with Crippen LogP contribution in [0.25, 0.3) is 10.1 Å². The highest BCUT2D eigenvalue weighted by atomic mass is 35.5. The minimum Gasteiger partial charge on any atom is -0.465 e. The van der Waals surface area contributed by atoms with Crippen molar-refractivity contribution in [2.24, 2.45) is 0 Å². The number of ether oxygens (including phenoxy) is 2. The van der Waals surface area contributed by atoms with Crippen LogP contribution in [0.2, 0.25) is 5.02 Å². The molecule has 0 saturated heterocycles. The van der Waals surface area contributed by atoms with E-state index in [1.54, 1.807) is 18.2 Å². The zero-order valence-corrected chi connectivity index (χ0v) is 18.9. The largest absolute Gasteiger partial charge is 0.465 e. The predicted molar refractivity (Wildman–Crippen MR) is 122 cm³/mol. The maximum absolute atomic E-state index is 13.4. The predicted octanol–water partition coefficient (Wildman–Crippen LogP) is 4.87. The number of aromatic nitrogens is 2. The van der Waals surface area contributed by atoms with E-state index < -0.39 is 28.3 Å². The van der Waals surface area contributed by atoms with Gasteiger partial charge < -0.3 is 14.8 Å². The number of nitrogens with zero attached hydrogens (tertiary/aromatic N) is 3. The van der Waals surface area contributed by atoms with E-state index in [0.717, 1.165) is 29.5 Å². The molecule has 0 spiro atoms. The quantitative estimate of drug-likeness (QED) is 0.216. The molecule has 174 valence electrons. The number of thiophene rings is 1. The van der Waals surface area contributed by atoms with E-state index in [9.17, 15) is 24.1 Å². The number of rotatable bonds is 7. The summed E-state index contributed by atoms with van der Waals surface area (Å²) in [7, 11) is 1.26. The van der Waals surface area contributed by atoms with E-state index in [0.29, 0.717) is 15.8 Å². The van der Waals surface area contributed by atoms with Gasteiger partial charge in [-0.05, 0) is 30.3 Å². The highest BCUT2D eigenvalue weighted by molar-refractivity contribution is 7.21. The van der Waals surface area contributed by atoms with Crippen molar-refractivity contribution in [3.8, 4) is 5.75 Å². The molecule has 0 saturated carbocycles. The lowest BCUT2D eigenvalue weighted by molar-refractivity contribution is -0.386. The second-order valence-electron chi connectivity index (χ2n) is 6.78. The molecule has 0 fully saturated rings. The first kappa shape index (κ1) is 23.1. The number of methoxy groups -OCH3 is 1. The summed E-state index contributed by atoms with van der Waals surface area (Å²) >= 11 is 7.37. The first-order chi connectivity index (χ1) is 16.3. The molecule has 4 aromatic rings. The topological polar surface area (TPSA) is 126 Å². The van der Waals surface area contributed by atoms with Crippen molar-refractivity contribution in [3.63, 3.8) is 0 Å². The van der Waals surface area contributed by atoms with Crippen molar-refractivity contribution in [3.05, 3.63) is 80.2 Å². The van der Waals surface area contributed by atoms with Gasteiger partial charge in [0.25, 0.3) is 5.91 Å². The SMILES string of the molecule is COC(=O)c1sc2cc(NC(=O)c3ccn(COc4cc(F)ccc4[N+](=O)[O-])n3)ccc2c1Cl. The number of nitro groups is 1. The maximum Gasteiger partial charge on any atom is 0.349 e. The lowest BCUT2D eigenvalue weighted by Crippen LogP contribution is -2.14. The van der Waals surface area contributed by atoms with Crippen LogP contribution in [0.5, 0.6) is 5.75 Å². The number of halogens is 2. The molecule has 0 aliphatic rings. The van der Waals surface area contributed by atoms with Crippen molar-refractivity contribution >= 4 is 56.3 Å². The van der Waals surface area contributed by atoms with E-state index in [-0.39, 0.29) is 28.1 Å². The number of carbonyl (C=O) groups is 2. The fourth-order valence-corrected chi connectivity index (χ4v) is 4.47. The van der Waals surface area contributed by atoms with Crippen LogP contribution in [0.15, 0.2) is 48.7 Å². The molecule has 2 aromatic carbocycles. The average Bonchev–Trinajstić information content (AvgIpc) is 3.41. The van der Waals surface area contributed by atoms with Gasteiger partial charge in [0, 0.05) is 34.1 Å². The van der Waals surface area contributed by atoms with E-state index in [2.05, 4.69) is 10.4 Å². The summed E-state index contributed by atoms with van der Waals surface area (Å²) < 4.78 is 25.4. The normalized spacial score (nSPS) is 10.8. The van der Waals surface area contributed by atoms with Gasteiger partial charge in [-0.3, -0.25) is 14.9 Å². The molecule has 2 aromatic heterocycles. The third kappa shape index (κ3) is 4.67. The van der Waals surface area contributed by atoms with Crippen LogP contribution in [0.1, 0.15) is 20.2 Å². The molecule has 0 radical (unpaired) electrons. The maximum atomic E-state index is 13.4. The Bertz CT molecular complexity index is 1440. The third-order valence-corrected chi connectivity index (χ3v) is 6.24. The first-order valence-electron chi connectivity index (χ1n) is 9.48. The van der Waals surface area contributed by atoms with Crippen LogP contribution in [0, 0.1) is 15.9 Å². The molecule has 10 nitrogen and oxygen atoms in total. The molecule has 34 heavy (non-hydrogen) atoms. The van der Waals surface area contributed by atoms with Crippen LogP contribution in [0.4, 0.5) is 15.8 Å². The Morgan fingerprint density at radius 1 is 1.26 bits per heavy atom. The fourth-order valence-electron chi connectivity index (χ4n) is 3.01. The number of hydrogen-bond donors (Lipinski definition) is 1. The molecule has 1 amide bonds. The summed E-state index contributed by atoms with van der Waals surface area (Å²) in [5, 5.41) is 18.8. The van der Waals surface area contributed by atoms with Crippen molar-refractivity contribution < 1.29 is 28.4 Å². The molecule has 0 aliphatic carbocycles. The van der Waals surface area contributed by atoms with Gasteiger partial charge >= 0.3 is 11.7 Å². The third-order valence-electron chi connectivity index (χ3n) is 4.60. The smallest absolute Gasteiger partial charge is 0.349 e. The molecule has 4 rings (SSSR count). The van der Waals surface area contributed by atoms with Crippen molar-refractivity contribution in [1.29, 1.82) is 0 Å². The van der Waals surface area contributed by atoms with Gasteiger partial charge in [-0.15, -0.1) is 11.3 Å². The zero-order chi connectivity index (χ0) is 24.4. The number of carbonyl (C=O) groups excluding carboxylic acids is 2. The summed E-state index contributed by atoms with van der Waals surface area (Å²) in [4.78, 5) is 35.0. The highest BCUT2D eigenvalue weighted by Gasteiger charge is 2.19. The van der Waals surface area contributed by atoms with Gasteiger partial charge in [0.15, 0.2) is 12.4 Å². The number of fused-ring (bicyclic) bond motifs is 1. The standard InChI is InChI=1S/C21H14ClFN4O6S/c1-32-21(29)19-18(22)13-4-3-12(9-17(13)34-19)24-20(28)14-6-7-26(25-14)10-33-16-8-11(23)2-5-15(16)27(30)31/h2-9H,10H2,1H3,(H,24,28). The number of nitro benzene ring substituents is 1. The Hall–Kier alpha value is -4.03. The summed E-state index contributed by atoms with van der Waals surface area (Å²) in [5.41, 5.74) is 0.107. The van der Waals surface area contributed by atoms with Gasteiger partial charge in [0.1, 0.15) is 10.7 Å². The molecule has 0 unspecified atom stereocenters. The Morgan fingerprint density at radius 2 is 2.06 bits per heavy atom. The minimum atomic E-state index is -0.692. The van der Waals surface area contributed by atoms with Gasteiger partial charge in [0.2, 0.25) is 5.75 Å². The Morgan fingerprint density at radius 3 is 2.79 bits per heavy atom. The number of anilines is 1. The molecule has 2 heterocycles. The fraction of sp³-hybridized carbons (Fsp3) is 0.0952. The van der Waals surface area contributed by atoms with Crippen LogP contribution in [-0.4, -0.2) is 33.7 Å². The summed E-state index contributed by atoms with van der Waals surface area (Å²) in [6, 6.07) is 9.25. The molecule has 1 N–H and O–H groups in total. The number of hydrogen-bond acceptors (Lipinski definition) is 8. The Labute approximate surface area is 199 Å². The van der Waals surface area contributed by atoms with Crippen LogP contribution in [-0.2, 0) is 11.5 Å². The molecule has 0 aliphatic heterocycles. The van der Waals surface area contributed by atoms with Crippen LogP contribution < -0.4 is 10.1 Å². The summed E-state index contributed by atoms with van der Waals surface area (Å²) in [6.07, 6.45) is 1.44. The van der Waals surface area contributed by atoms with Gasteiger partial charge in [-0.25, -0.2) is 13.9 Å². The van der Waals surface area contributed by atoms with Crippen molar-refractivity contribution in [2.75, 3.05) is 12.4 Å². The van der Waals surface area contributed by atoms with Gasteiger partial charge in [0.05, 0.1) is 17.1 Å². The molecule has 0 atom stereocenters. The molecule has 13 heteroatoms. The van der Waals surface area contributed by atoms with E-state index in [4.69, 9.17) is 21.1 Å². The Balaban J connectivity index is 1.46. The average molecular weight is 505 g/mol. The monoisotopic (exact) mass is 504 g/mol. The van der Waals surface area contributed by atoms with E-state index >= 15 is 0 Å². The summed E-state index contributed by atoms with van der Waals surface area (Å²) in [6.45, 7) is -0.284. The first-order valence-corrected chi connectivity index (χ1v) is 10.7. The lowest BCUT2D eigenvalue weighted by atomic mass is 10.2. The van der Waals surface area contributed by atoms with Gasteiger partial charge in [-0.1, -0.05) is 11.6 Å². The van der Waals surface area contributed by atoms with Crippen LogP contribution >= 0.6 is 22.9 Å². The highest BCUT2D eigenvalue weighted by Crippen LogP contribution is 2.37. The summed E-state index contributed by atoms with van der Waals surface area (Å²) in [5.74, 6) is -2.02. The second-order valence-corrected chi connectivity index (χ2v) is 8.22. The molecule has 0 bridgehead atoms. The van der Waals surface area contributed by atoms with E-state index in [1.807, 2.05) is 0 Å². The molecular formula is C21H14ClFN4O6S.